The van der Waals surface area contributed by atoms with E-state index in [-0.39, 0.29) is 12.4 Å². The number of diazo groups is 1. The second kappa shape index (κ2) is 5.35. The van der Waals surface area contributed by atoms with Crippen LogP contribution in [0.4, 0.5) is 5.69 Å². The zero-order valence-corrected chi connectivity index (χ0v) is 11.3. The smallest absolute Gasteiger partial charge is 0.387 e. The number of rotatable bonds is 2. The zero-order valence-electron chi connectivity index (χ0n) is 8.15. The van der Waals surface area contributed by atoms with E-state index in [1.54, 1.807) is 0 Å². The Morgan fingerprint density at radius 1 is 1.06 bits per heavy atom. The lowest BCUT2D eigenvalue weighted by Crippen LogP contribution is -3.00. The summed E-state index contributed by atoms with van der Waals surface area (Å²) in [5.74, 6) is 0. The van der Waals surface area contributed by atoms with Crippen LogP contribution < -0.4 is 12.4 Å². The van der Waals surface area contributed by atoms with Crippen LogP contribution in [0.3, 0.4) is 0 Å². The largest absolute Gasteiger partial charge is 1.00 e. The third-order valence-corrected chi connectivity index (χ3v) is 4.05. The number of nitrogens with zero attached hydrogens (tertiary/aromatic N) is 2. The molecule has 12 heteroatoms. The molecule has 0 bridgehead atoms. The average Bonchev–Trinajstić information content (AvgIpc) is 2.14. The van der Waals surface area contributed by atoms with Crippen molar-refractivity contribution in [1.82, 2.24) is 0 Å². The van der Waals surface area contributed by atoms with Gasteiger partial charge in [0.2, 0.25) is 5.39 Å². The van der Waals surface area contributed by atoms with Gasteiger partial charge >= 0.3 is 5.69 Å². The first-order chi connectivity index (χ1) is 7.57. The summed E-state index contributed by atoms with van der Waals surface area (Å²) >= 11 is 5.41. The highest BCUT2D eigenvalue weighted by Crippen LogP contribution is 2.33. The summed E-state index contributed by atoms with van der Waals surface area (Å²) in [5.41, 5.74) is -0.519. The lowest BCUT2D eigenvalue weighted by molar-refractivity contribution is -0.0000119. The van der Waals surface area contributed by atoms with Gasteiger partial charge < -0.3 is 12.4 Å². The average molecular weight is 335 g/mol. The van der Waals surface area contributed by atoms with Crippen molar-refractivity contribution in [2.24, 2.45) is 0 Å². The normalized spacial score (nSPS) is 11.4. The minimum Gasteiger partial charge on any atom is -1.00 e. The fourth-order valence-electron chi connectivity index (χ4n) is 0.992. The van der Waals surface area contributed by atoms with Crippen LogP contribution in [-0.2, 0) is 20.2 Å². The molecule has 0 saturated carbocycles. The van der Waals surface area contributed by atoms with Crippen molar-refractivity contribution in [2.75, 3.05) is 0 Å². The van der Waals surface area contributed by atoms with E-state index in [4.69, 9.17) is 26.1 Å². The first-order valence-corrected chi connectivity index (χ1v) is 6.97. The van der Waals surface area contributed by atoms with Gasteiger partial charge in [-0.15, -0.1) is 0 Å². The molecule has 0 aliphatic rings. The minimum atomic E-state index is -4.83. The van der Waals surface area contributed by atoms with Gasteiger partial charge in [0, 0.05) is 0 Å². The molecule has 1 aromatic carbocycles. The first-order valence-electron chi connectivity index (χ1n) is 3.71. The molecule has 2 N–H and O–H groups in total. The molecule has 0 heterocycles. The molecule has 8 nitrogen and oxygen atoms in total. The van der Waals surface area contributed by atoms with E-state index in [1.807, 2.05) is 0 Å². The highest BCUT2D eigenvalue weighted by atomic mass is 35.5. The van der Waals surface area contributed by atoms with E-state index < -0.39 is 40.7 Å². The predicted octanol–water partition coefficient (Wildman–Crippen LogP) is -1.68. The third kappa shape index (κ3) is 3.52. The Balaban J connectivity index is 0.00000289. The molecule has 0 aromatic heterocycles. The summed E-state index contributed by atoms with van der Waals surface area (Å²) in [6, 6.07) is 1.26. The Labute approximate surface area is 113 Å². The monoisotopic (exact) mass is 334 g/mol. The SMILES string of the molecule is N#[N+]c1cc(S(=O)(=O)O)c(Cl)c(S(=O)(=O)O)c1.[Cl-]. The highest BCUT2D eigenvalue weighted by Gasteiger charge is 2.28. The molecule has 0 aliphatic carbocycles. The molecule has 0 fully saturated rings. The molecule has 0 saturated heterocycles. The van der Waals surface area contributed by atoms with E-state index in [0.717, 1.165) is 0 Å². The molecule has 1 rings (SSSR count). The maximum absolute atomic E-state index is 10.9. The molecule has 0 amide bonds. The van der Waals surface area contributed by atoms with Gasteiger partial charge in [-0.25, -0.2) is 0 Å². The van der Waals surface area contributed by atoms with Crippen molar-refractivity contribution in [1.29, 1.82) is 5.39 Å². The molecule has 1 aromatic rings. The van der Waals surface area contributed by atoms with Crippen LogP contribution in [0.2, 0.25) is 5.02 Å². The van der Waals surface area contributed by atoms with E-state index in [2.05, 4.69) is 4.98 Å². The van der Waals surface area contributed by atoms with Gasteiger partial charge in [-0.3, -0.25) is 9.11 Å². The van der Waals surface area contributed by atoms with Crippen LogP contribution in [0, 0.1) is 5.39 Å². The van der Waals surface area contributed by atoms with Crippen molar-refractivity contribution in [2.45, 2.75) is 9.79 Å². The maximum Gasteiger partial charge on any atom is 0.387 e. The predicted molar refractivity (Wildman–Crippen MR) is 55.8 cm³/mol. The molecular weight excluding hydrogens is 331 g/mol. The molecule has 0 spiro atoms. The minimum absolute atomic E-state index is 0. The number of hydrogen-bond acceptors (Lipinski definition) is 5. The van der Waals surface area contributed by atoms with Crippen LogP contribution >= 0.6 is 11.6 Å². The van der Waals surface area contributed by atoms with E-state index in [9.17, 15) is 16.8 Å². The second-order valence-electron chi connectivity index (χ2n) is 2.81. The fourth-order valence-corrected chi connectivity index (χ4v) is 2.96. The van der Waals surface area contributed by atoms with Crippen molar-refractivity contribution < 1.29 is 38.3 Å². The molecular formula is C6H4Cl2N2O6S2. The number of halogens is 2. The standard InChI is InChI=1S/C6H3ClN2O6S2.ClH/c7-6-4(16(10,11)12)1-3(9-8)2-5(6)17(13,14)15;/h1-2H,(H-,10,11,12,13,14,15);1H. The third-order valence-electron chi connectivity index (χ3n) is 1.66. The van der Waals surface area contributed by atoms with E-state index in [1.165, 1.54) is 0 Å². The van der Waals surface area contributed by atoms with Crippen LogP contribution in [0.15, 0.2) is 21.9 Å². The van der Waals surface area contributed by atoms with Crippen LogP contribution in [0.5, 0.6) is 0 Å². The summed E-state index contributed by atoms with van der Waals surface area (Å²) in [4.78, 5) is 0.554. The van der Waals surface area contributed by atoms with Crippen molar-refractivity contribution in [3.63, 3.8) is 0 Å². The highest BCUT2D eigenvalue weighted by molar-refractivity contribution is 7.87. The van der Waals surface area contributed by atoms with Crippen molar-refractivity contribution in [3.8, 4) is 0 Å². The van der Waals surface area contributed by atoms with Crippen molar-refractivity contribution in [3.05, 3.63) is 22.1 Å². The molecule has 0 unspecified atom stereocenters. The van der Waals surface area contributed by atoms with Gasteiger partial charge in [0.1, 0.15) is 9.79 Å². The van der Waals surface area contributed by atoms with Gasteiger partial charge in [-0.1, -0.05) is 11.6 Å². The summed E-state index contributed by atoms with van der Waals surface area (Å²) in [7, 11) is -9.65. The molecule has 0 atom stereocenters. The van der Waals surface area contributed by atoms with Gasteiger partial charge in [0.25, 0.3) is 20.2 Å². The number of hydrogen-bond donors (Lipinski definition) is 2. The number of benzene rings is 1. The molecule has 0 radical (unpaired) electrons. The molecule has 100 valence electrons. The Morgan fingerprint density at radius 3 is 1.61 bits per heavy atom. The summed E-state index contributed by atoms with van der Waals surface area (Å²) in [6.45, 7) is 0. The molecule has 18 heavy (non-hydrogen) atoms. The first kappa shape index (κ1) is 17.0. The maximum atomic E-state index is 10.9. The van der Waals surface area contributed by atoms with E-state index >= 15 is 0 Å². The quantitative estimate of drug-likeness (QED) is 0.486. The van der Waals surface area contributed by atoms with Gasteiger partial charge in [0.15, 0.2) is 4.98 Å². The lowest BCUT2D eigenvalue weighted by atomic mass is 10.3. The Morgan fingerprint density at radius 2 is 1.39 bits per heavy atom. The summed E-state index contributed by atoms with van der Waals surface area (Å²) < 4.78 is 61.0. The Hall–Kier alpha value is -0.960. The van der Waals surface area contributed by atoms with Crippen LogP contribution in [0.25, 0.3) is 4.98 Å². The van der Waals surface area contributed by atoms with Gasteiger partial charge in [0.05, 0.1) is 17.2 Å². The van der Waals surface area contributed by atoms with Gasteiger partial charge in [-0.2, -0.15) is 16.8 Å². The van der Waals surface area contributed by atoms with Gasteiger partial charge in [-0.05, 0) is 0 Å². The zero-order chi connectivity index (χ0) is 13.4. The van der Waals surface area contributed by atoms with Crippen LogP contribution in [-0.4, -0.2) is 25.9 Å². The van der Waals surface area contributed by atoms with Crippen LogP contribution in [0.1, 0.15) is 0 Å². The van der Waals surface area contributed by atoms with E-state index in [0.29, 0.717) is 12.1 Å². The Kier molecular flexibility index (Phi) is 5.07. The fraction of sp³-hybridized carbons (Fsp3) is 0. The second-order valence-corrected chi connectivity index (χ2v) is 5.96. The summed E-state index contributed by atoms with van der Waals surface area (Å²) in [5, 5.41) is 7.54. The topological polar surface area (TPSA) is 137 Å². The Bertz CT molecular complexity index is 668. The van der Waals surface area contributed by atoms with Crippen molar-refractivity contribution >= 4 is 37.5 Å². The lowest BCUT2D eigenvalue weighted by Gasteiger charge is -2.02. The molecule has 0 aliphatic heterocycles. The summed E-state index contributed by atoms with van der Waals surface area (Å²) in [6.07, 6.45) is 0.